The molecule has 9 heteroatoms. The SMILES string of the molecule is CCOc1ccc(-c2n[nH]c(=S)n2CCC(=O)NC(CC)c2ncc(-c3ccccc3)[nH]2)cc1. The van der Waals surface area contributed by atoms with E-state index < -0.39 is 0 Å². The van der Waals surface area contributed by atoms with E-state index in [1.54, 1.807) is 6.20 Å². The molecule has 0 saturated heterocycles. The van der Waals surface area contributed by atoms with E-state index in [0.29, 0.717) is 23.7 Å². The van der Waals surface area contributed by atoms with E-state index in [2.05, 4.69) is 25.5 Å². The molecule has 0 aliphatic rings. The third-order valence-corrected chi connectivity index (χ3v) is 5.81. The van der Waals surface area contributed by atoms with Crippen LogP contribution in [0.4, 0.5) is 0 Å². The second-order valence-corrected chi connectivity index (χ2v) is 8.17. The monoisotopic (exact) mass is 476 g/mol. The van der Waals surface area contributed by atoms with Gasteiger partial charge in [0.15, 0.2) is 10.6 Å². The van der Waals surface area contributed by atoms with Crippen LogP contribution in [-0.2, 0) is 11.3 Å². The molecule has 0 saturated carbocycles. The van der Waals surface area contributed by atoms with Gasteiger partial charge in [-0.1, -0.05) is 37.3 Å². The van der Waals surface area contributed by atoms with E-state index in [1.807, 2.05) is 73.0 Å². The van der Waals surface area contributed by atoms with Crippen molar-refractivity contribution in [2.45, 2.75) is 39.3 Å². The number of hydrogen-bond acceptors (Lipinski definition) is 5. The fraction of sp³-hybridized carbons (Fsp3) is 0.280. The minimum Gasteiger partial charge on any atom is -0.494 e. The van der Waals surface area contributed by atoms with Crippen LogP contribution >= 0.6 is 12.2 Å². The maximum Gasteiger partial charge on any atom is 0.222 e. The lowest BCUT2D eigenvalue weighted by molar-refractivity contribution is -0.122. The normalized spacial score (nSPS) is 11.8. The predicted molar refractivity (Wildman–Crippen MR) is 134 cm³/mol. The van der Waals surface area contributed by atoms with Crippen LogP contribution < -0.4 is 10.1 Å². The van der Waals surface area contributed by atoms with E-state index in [4.69, 9.17) is 17.0 Å². The van der Waals surface area contributed by atoms with Gasteiger partial charge in [-0.25, -0.2) is 4.98 Å². The van der Waals surface area contributed by atoms with Gasteiger partial charge in [-0.05, 0) is 55.4 Å². The number of aromatic amines is 2. The van der Waals surface area contributed by atoms with Crippen molar-refractivity contribution in [3.05, 3.63) is 71.4 Å². The highest BCUT2D eigenvalue weighted by Gasteiger charge is 2.17. The second-order valence-electron chi connectivity index (χ2n) is 7.79. The van der Waals surface area contributed by atoms with E-state index in [9.17, 15) is 4.79 Å². The van der Waals surface area contributed by atoms with Gasteiger partial charge in [0.1, 0.15) is 11.6 Å². The Bertz CT molecular complexity index is 1280. The van der Waals surface area contributed by atoms with Crippen LogP contribution in [0.5, 0.6) is 5.75 Å². The van der Waals surface area contributed by atoms with E-state index >= 15 is 0 Å². The molecule has 1 atom stereocenters. The molecule has 34 heavy (non-hydrogen) atoms. The molecule has 8 nitrogen and oxygen atoms in total. The molecule has 2 aromatic heterocycles. The highest BCUT2D eigenvalue weighted by molar-refractivity contribution is 7.71. The first-order valence-corrected chi connectivity index (χ1v) is 11.8. The fourth-order valence-corrected chi connectivity index (χ4v) is 3.96. The standard InChI is InChI=1S/C25H28N6O2S/c1-3-20(23-26-16-21(28-23)17-8-6-5-7-9-17)27-22(32)14-15-31-24(29-30-25(31)34)18-10-12-19(13-11-18)33-4-2/h5-13,16,20H,3-4,14-15H2,1-2H3,(H,26,28)(H,27,32)(H,30,34). The summed E-state index contributed by atoms with van der Waals surface area (Å²) in [4.78, 5) is 20.6. The average molecular weight is 477 g/mol. The van der Waals surface area contributed by atoms with Crippen LogP contribution in [0.1, 0.15) is 38.6 Å². The summed E-state index contributed by atoms with van der Waals surface area (Å²) >= 11 is 5.40. The minimum atomic E-state index is -0.201. The zero-order chi connectivity index (χ0) is 23.9. The first-order chi connectivity index (χ1) is 16.6. The molecule has 0 bridgehead atoms. The molecule has 176 valence electrons. The molecular formula is C25H28N6O2S. The van der Waals surface area contributed by atoms with Gasteiger partial charge in [0.05, 0.1) is 24.5 Å². The van der Waals surface area contributed by atoms with E-state index in [0.717, 1.165) is 34.8 Å². The molecular weight excluding hydrogens is 448 g/mol. The number of rotatable bonds is 10. The third-order valence-electron chi connectivity index (χ3n) is 5.50. The lowest BCUT2D eigenvalue weighted by Gasteiger charge is -2.15. The molecule has 1 unspecified atom stereocenters. The van der Waals surface area contributed by atoms with Gasteiger partial charge in [-0.3, -0.25) is 14.5 Å². The maximum atomic E-state index is 12.8. The Hall–Kier alpha value is -3.72. The highest BCUT2D eigenvalue weighted by Crippen LogP contribution is 2.22. The summed E-state index contributed by atoms with van der Waals surface area (Å²) in [6.45, 7) is 4.98. The molecule has 2 aromatic carbocycles. The Labute approximate surface area is 203 Å². The summed E-state index contributed by atoms with van der Waals surface area (Å²) in [5.41, 5.74) is 2.87. The van der Waals surface area contributed by atoms with Crippen LogP contribution in [0.3, 0.4) is 0 Å². The van der Waals surface area contributed by atoms with Crippen molar-refractivity contribution in [1.82, 2.24) is 30.0 Å². The third kappa shape index (κ3) is 5.43. The van der Waals surface area contributed by atoms with Gasteiger partial charge in [0.25, 0.3) is 0 Å². The Morgan fingerprint density at radius 3 is 2.59 bits per heavy atom. The van der Waals surface area contributed by atoms with Crippen LogP contribution in [0, 0.1) is 4.77 Å². The number of carbonyl (C=O) groups is 1. The van der Waals surface area contributed by atoms with Crippen molar-refractivity contribution in [3.8, 4) is 28.4 Å². The summed E-state index contributed by atoms with van der Waals surface area (Å²) in [6, 6.07) is 17.4. The van der Waals surface area contributed by atoms with E-state index in [1.165, 1.54) is 0 Å². The molecule has 3 N–H and O–H groups in total. The average Bonchev–Trinajstić information content (AvgIpc) is 3.50. The number of H-pyrrole nitrogens is 2. The van der Waals surface area contributed by atoms with Crippen molar-refractivity contribution < 1.29 is 9.53 Å². The maximum absolute atomic E-state index is 12.8. The van der Waals surface area contributed by atoms with Crippen molar-refractivity contribution >= 4 is 18.1 Å². The Balaban J connectivity index is 1.41. The van der Waals surface area contributed by atoms with E-state index in [-0.39, 0.29) is 18.4 Å². The van der Waals surface area contributed by atoms with Crippen molar-refractivity contribution in [3.63, 3.8) is 0 Å². The van der Waals surface area contributed by atoms with Crippen LogP contribution in [0.15, 0.2) is 60.8 Å². The van der Waals surface area contributed by atoms with Crippen LogP contribution in [-0.4, -0.2) is 37.2 Å². The van der Waals surface area contributed by atoms with Crippen molar-refractivity contribution in [1.29, 1.82) is 0 Å². The summed E-state index contributed by atoms with van der Waals surface area (Å²) < 4.78 is 7.82. The summed E-state index contributed by atoms with van der Waals surface area (Å²) in [5, 5.41) is 10.3. The topological polar surface area (TPSA) is 101 Å². The number of nitrogens with zero attached hydrogens (tertiary/aromatic N) is 3. The summed E-state index contributed by atoms with van der Waals surface area (Å²) in [6.07, 6.45) is 2.78. The zero-order valence-electron chi connectivity index (χ0n) is 19.2. The van der Waals surface area contributed by atoms with Gasteiger partial charge in [-0.2, -0.15) is 5.10 Å². The van der Waals surface area contributed by atoms with Crippen LogP contribution in [0.25, 0.3) is 22.6 Å². The predicted octanol–water partition coefficient (Wildman–Crippen LogP) is 5.05. The lowest BCUT2D eigenvalue weighted by Crippen LogP contribution is -2.29. The van der Waals surface area contributed by atoms with Crippen LogP contribution in [0.2, 0.25) is 0 Å². The molecule has 4 aromatic rings. The largest absolute Gasteiger partial charge is 0.494 e. The number of hydrogen-bond donors (Lipinski definition) is 3. The fourth-order valence-electron chi connectivity index (χ4n) is 3.73. The van der Waals surface area contributed by atoms with Crippen molar-refractivity contribution in [2.75, 3.05) is 6.61 Å². The molecule has 0 fully saturated rings. The number of imidazole rings is 1. The molecule has 1 amide bonds. The number of carbonyl (C=O) groups excluding carboxylic acids is 1. The van der Waals surface area contributed by atoms with Gasteiger partial charge in [0, 0.05) is 18.5 Å². The van der Waals surface area contributed by atoms with Crippen molar-refractivity contribution in [2.24, 2.45) is 0 Å². The second kappa shape index (κ2) is 10.9. The highest BCUT2D eigenvalue weighted by atomic mass is 32.1. The Kier molecular flexibility index (Phi) is 7.54. The molecule has 0 aliphatic heterocycles. The number of aromatic nitrogens is 5. The molecule has 0 radical (unpaired) electrons. The smallest absolute Gasteiger partial charge is 0.222 e. The summed E-state index contributed by atoms with van der Waals surface area (Å²) in [7, 11) is 0. The minimum absolute atomic E-state index is 0.0785. The number of benzene rings is 2. The van der Waals surface area contributed by atoms with Gasteiger partial charge in [-0.15, -0.1) is 0 Å². The first-order valence-electron chi connectivity index (χ1n) is 11.4. The summed E-state index contributed by atoms with van der Waals surface area (Å²) in [5.74, 6) is 2.15. The lowest BCUT2D eigenvalue weighted by atomic mass is 10.2. The molecule has 0 aliphatic carbocycles. The molecule has 2 heterocycles. The van der Waals surface area contributed by atoms with Gasteiger partial charge < -0.3 is 15.0 Å². The number of ether oxygens (including phenoxy) is 1. The Morgan fingerprint density at radius 2 is 1.88 bits per heavy atom. The molecule has 4 rings (SSSR count). The quantitative estimate of drug-likeness (QED) is 0.278. The zero-order valence-corrected chi connectivity index (χ0v) is 20.1. The van der Waals surface area contributed by atoms with Gasteiger partial charge >= 0.3 is 0 Å². The Morgan fingerprint density at radius 1 is 1.12 bits per heavy atom. The first kappa shape index (κ1) is 23.4. The number of amides is 1. The van der Waals surface area contributed by atoms with Gasteiger partial charge in [0.2, 0.25) is 5.91 Å². The molecule has 0 spiro atoms. The number of nitrogens with one attached hydrogen (secondary N) is 3.